The molecule has 0 aromatic heterocycles. The van der Waals surface area contributed by atoms with Gasteiger partial charge in [-0.15, -0.1) is 0 Å². The molecule has 1 aromatic carbocycles. The maximum absolute atomic E-state index is 12.1. The molecule has 7 heteroatoms. The molecule has 0 saturated carbocycles. The van der Waals surface area contributed by atoms with Gasteiger partial charge in [0.2, 0.25) is 15.9 Å². The van der Waals surface area contributed by atoms with E-state index >= 15 is 0 Å². The molecule has 1 amide bonds. The van der Waals surface area contributed by atoms with Crippen LogP contribution in [0.5, 0.6) is 0 Å². The Morgan fingerprint density at radius 2 is 2.00 bits per heavy atom. The molecule has 4 N–H and O–H groups in total. The molecule has 1 aromatic rings. The molecule has 0 fully saturated rings. The molecule has 0 spiro atoms. The van der Waals surface area contributed by atoms with Crippen molar-refractivity contribution in [3.05, 3.63) is 35.4 Å². The first-order valence-corrected chi connectivity index (χ1v) is 8.58. The van der Waals surface area contributed by atoms with Gasteiger partial charge in [-0.25, -0.2) is 13.1 Å². The Hall–Kier alpha value is -1.44. The third-order valence-corrected chi connectivity index (χ3v) is 4.31. The standard InChI is InChI=1S/C14H23N3O3S/c1-3-7-16-14(18)11(2)17-21(19,20)10-13-6-4-5-12(8-13)9-15/h4-6,8,11,17H,3,7,9-10,15H2,1-2H3,(H,16,18). The molecule has 1 unspecified atom stereocenters. The van der Waals surface area contributed by atoms with E-state index in [0.717, 1.165) is 12.0 Å². The van der Waals surface area contributed by atoms with E-state index in [1.54, 1.807) is 18.2 Å². The Morgan fingerprint density at radius 3 is 2.62 bits per heavy atom. The number of benzene rings is 1. The van der Waals surface area contributed by atoms with Gasteiger partial charge in [-0.2, -0.15) is 0 Å². The fourth-order valence-corrected chi connectivity index (χ4v) is 3.18. The first kappa shape index (κ1) is 17.6. The highest BCUT2D eigenvalue weighted by Crippen LogP contribution is 2.08. The lowest BCUT2D eigenvalue weighted by Crippen LogP contribution is -2.45. The molecule has 0 saturated heterocycles. The molecule has 0 aliphatic carbocycles. The van der Waals surface area contributed by atoms with Crippen LogP contribution >= 0.6 is 0 Å². The van der Waals surface area contributed by atoms with Gasteiger partial charge in [-0.1, -0.05) is 31.2 Å². The van der Waals surface area contributed by atoms with Crippen molar-refractivity contribution >= 4 is 15.9 Å². The van der Waals surface area contributed by atoms with Crippen molar-refractivity contribution in [2.45, 2.75) is 38.6 Å². The Morgan fingerprint density at radius 1 is 1.33 bits per heavy atom. The van der Waals surface area contributed by atoms with Crippen molar-refractivity contribution in [3.8, 4) is 0 Å². The molecule has 6 nitrogen and oxygen atoms in total. The van der Waals surface area contributed by atoms with Crippen molar-refractivity contribution in [2.24, 2.45) is 5.73 Å². The van der Waals surface area contributed by atoms with E-state index in [1.165, 1.54) is 6.92 Å². The van der Waals surface area contributed by atoms with Crippen LogP contribution in [0.15, 0.2) is 24.3 Å². The van der Waals surface area contributed by atoms with Crippen LogP contribution in [0.3, 0.4) is 0 Å². The fraction of sp³-hybridized carbons (Fsp3) is 0.500. The van der Waals surface area contributed by atoms with Crippen molar-refractivity contribution in [3.63, 3.8) is 0 Å². The summed E-state index contributed by atoms with van der Waals surface area (Å²) in [6, 6.07) is 6.29. The Kier molecular flexibility index (Phi) is 6.80. The second-order valence-electron chi connectivity index (χ2n) is 4.91. The fourth-order valence-electron chi connectivity index (χ4n) is 1.83. The number of carbonyl (C=O) groups is 1. The van der Waals surface area contributed by atoms with E-state index in [4.69, 9.17) is 5.73 Å². The van der Waals surface area contributed by atoms with Crippen LogP contribution in [-0.4, -0.2) is 26.9 Å². The molecule has 118 valence electrons. The summed E-state index contributed by atoms with van der Waals surface area (Å²) in [4.78, 5) is 11.7. The van der Waals surface area contributed by atoms with Gasteiger partial charge < -0.3 is 11.1 Å². The van der Waals surface area contributed by atoms with Crippen LogP contribution in [0.4, 0.5) is 0 Å². The van der Waals surface area contributed by atoms with Crippen LogP contribution < -0.4 is 15.8 Å². The first-order valence-electron chi connectivity index (χ1n) is 6.93. The number of nitrogens with one attached hydrogen (secondary N) is 2. The topological polar surface area (TPSA) is 101 Å². The highest BCUT2D eigenvalue weighted by atomic mass is 32.2. The zero-order valence-corrected chi connectivity index (χ0v) is 13.2. The van der Waals surface area contributed by atoms with Crippen molar-refractivity contribution in [2.75, 3.05) is 6.54 Å². The Bertz CT molecular complexity index is 573. The molecular weight excluding hydrogens is 290 g/mol. The number of amides is 1. The number of carbonyl (C=O) groups excluding carboxylic acids is 1. The lowest BCUT2D eigenvalue weighted by molar-refractivity contribution is -0.122. The van der Waals surface area contributed by atoms with Gasteiger partial charge in [0.25, 0.3) is 0 Å². The van der Waals surface area contributed by atoms with Gasteiger partial charge in [0, 0.05) is 13.1 Å². The summed E-state index contributed by atoms with van der Waals surface area (Å²) >= 11 is 0. The Balaban J connectivity index is 2.66. The number of sulfonamides is 1. The van der Waals surface area contributed by atoms with Gasteiger partial charge in [0.05, 0.1) is 11.8 Å². The molecule has 0 radical (unpaired) electrons. The van der Waals surface area contributed by atoms with Gasteiger partial charge in [-0.05, 0) is 24.5 Å². The van der Waals surface area contributed by atoms with Crippen LogP contribution in [0.2, 0.25) is 0 Å². The molecule has 0 heterocycles. The highest BCUT2D eigenvalue weighted by Gasteiger charge is 2.20. The third kappa shape index (κ3) is 6.24. The summed E-state index contributed by atoms with van der Waals surface area (Å²) in [6.07, 6.45) is 0.803. The number of nitrogens with two attached hydrogens (primary N) is 1. The van der Waals surface area contributed by atoms with Gasteiger partial charge in [-0.3, -0.25) is 4.79 Å². The lowest BCUT2D eigenvalue weighted by Gasteiger charge is -2.14. The number of rotatable bonds is 8. The average Bonchev–Trinajstić information content (AvgIpc) is 2.43. The van der Waals surface area contributed by atoms with E-state index in [0.29, 0.717) is 18.7 Å². The maximum atomic E-state index is 12.1. The van der Waals surface area contributed by atoms with Gasteiger partial charge >= 0.3 is 0 Å². The third-order valence-electron chi connectivity index (χ3n) is 2.88. The largest absolute Gasteiger partial charge is 0.355 e. The summed E-state index contributed by atoms with van der Waals surface area (Å²) in [5.74, 6) is -0.497. The molecule has 0 bridgehead atoms. The first-order chi connectivity index (χ1) is 9.88. The highest BCUT2D eigenvalue weighted by molar-refractivity contribution is 7.88. The Labute approximate surface area is 126 Å². The number of hydrogen-bond donors (Lipinski definition) is 3. The smallest absolute Gasteiger partial charge is 0.237 e. The summed E-state index contributed by atoms with van der Waals surface area (Å²) in [6.45, 7) is 4.35. The van der Waals surface area contributed by atoms with Gasteiger partial charge in [0.15, 0.2) is 0 Å². The minimum absolute atomic E-state index is 0.174. The normalized spacial score (nSPS) is 12.9. The maximum Gasteiger partial charge on any atom is 0.237 e. The quantitative estimate of drug-likeness (QED) is 0.649. The predicted octanol–water partition coefficient (Wildman–Crippen LogP) is 0.479. The summed E-state index contributed by atoms with van der Waals surface area (Å²) < 4.78 is 26.5. The van der Waals surface area contributed by atoms with Crippen molar-refractivity contribution in [1.82, 2.24) is 10.0 Å². The zero-order chi connectivity index (χ0) is 15.9. The predicted molar refractivity (Wildman–Crippen MR) is 82.9 cm³/mol. The summed E-state index contributed by atoms with van der Waals surface area (Å²) in [7, 11) is -3.58. The van der Waals surface area contributed by atoms with E-state index < -0.39 is 16.1 Å². The van der Waals surface area contributed by atoms with E-state index in [9.17, 15) is 13.2 Å². The van der Waals surface area contributed by atoms with Crippen LogP contribution in [0.25, 0.3) is 0 Å². The minimum atomic E-state index is -3.58. The minimum Gasteiger partial charge on any atom is -0.355 e. The lowest BCUT2D eigenvalue weighted by atomic mass is 10.1. The van der Waals surface area contributed by atoms with Crippen molar-refractivity contribution < 1.29 is 13.2 Å². The molecule has 0 aliphatic heterocycles. The number of hydrogen-bond acceptors (Lipinski definition) is 4. The second-order valence-corrected chi connectivity index (χ2v) is 6.67. The van der Waals surface area contributed by atoms with Gasteiger partial charge in [0.1, 0.15) is 0 Å². The second kappa shape index (κ2) is 8.11. The summed E-state index contributed by atoms with van der Waals surface area (Å²) in [5.41, 5.74) is 7.05. The molecule has 0 aliphatic rings. The molecule has 1 atom stereocenters. The van der Waals surface area contributed by atoms with Crippen LogP contribution in [0.1, 0.15) is 31.4 Å². The van der Waals surface area contributed by atoms with E-state index in [-0.39, 0.29) is 11.7 Å². The van der Waals surface area contributed by atoms with E-state index in [1.807, 2.05) is 13.0 Å². The monoisotopic (exact) mass is 313 g/mol. The zero-order valence-electron chi connectivity index (χ0n) is 12.4. The summed E-state index contributed by atoms with van der Waals surface area (Å²) in [5, 5.41) is 2.65. The average molecular weight is 313 g/mol. The van der Waals surface area contributed by atoms with Crippen molar-refractivity contribution in [1.29, 1.82) is 0 Å². The SMILES string of the molecule is CCCNC(=O)C(C)NS(=O)(=O)Cc1cccc(CN)c1. The van der Waals surface area contributed by atoms with E-state index in [2.05, 4.69) is 10.0 Å². The molecular formula is C14H23N3O3S. The molecule has 21 heavy (non-hydrogen) atoms. The molecule has 1 rings (SSSR count). The van der Waals surface area contributed by atoms with Crippen LogP contribution in [-0.2, 0) is 27.1 Å². The van der Waals surface area contributed by atoms with Crippen LogP contribution in [0, 0.1) is 0 Å².